The number of esters is 1. The molecule has 1 heterocycles. The Morgan fingerprint density at radius 2 is 1.92 bits per heavy atom. The number of hydrogen-bond donors (Lipinski definition) is 1. The summed E-state index contributed by atoms with van der Waals surface area (Å²) < 4.78 is 10.7. The van der Waals surface area contributed by atoms with Crippen molar-refractivity contribution in [3.8, 4) is 0 Å². The molecule has 1 aliphatic rings. The van der Waals surface area contributed by atoms with Crippen molar-refractivity contribution in [1.82, 2.24) is 5.32 Å². The highest BCUT2D eigenvalue weighted by Crippen LogP contribution is 2.25. The molecule has 1 N–H and O–H groups in total. The van der Waals surface area contributed by atoms with Crippen molar-refractivity contribution in [2.24, 2.45) is 5.92 Å². The molecular formula is C21H27NO4. The zero-order valence-electron chi connectivity index (χ0n) is 15.8. The first-order chi connectivity index (χ1) is 12.4. The lowest BCUT2D eigenvalue weighted by Crippen LogP contribution is -2.42. The van der Waals surface area contributed by atoms with Gasteiger partial charge in [-0.05, 0) is 55.9 Å². The van der Waals surface area contributed by atoms with E-state index in [1.165, 1.54) is 6.42 Å². The third-order valence-electron chi connectivity index (χ3n) is 5.43. The van der Waals surface area contributed by atoms with Crippen LogP contribution in [0.5, 0.6) is 0 Å². The van der Waals surface area contributed by atoms with Crippen molar-refractivity contribution < 1.29 is 18.7 Å². The van der Waals surface area contributed by atoms with E-state index in [-0.39, 0.29) is 25.0 Å². The van der Waals surface area contributed by atoms with Gasteiger partial charge in [0.15, 0.2) is 6.61 Å². The fourth-order valence-corrected chi connectivity index (χ4v) is 3.60. The predicted molar refractivity (Wildman–Crippen MR) is 99.9 cm³/mol. The van der Waals surface area contributed by atoms with Gasteiger partial charge < -0.3 is 14.5 Å². The molecule has 0 aliphatic heterocycles. The second-order valence-electron chi connectivity index (χ2n) is 7.47. The van der Waals surface area contributed by atoms with Gasteiger partial charge in [-0.2, -0.15) is 0 Å². The number of fused-ring (bicyclic) bond motifs is 1. The number of ether oxygens (including phenoxy) is 1. The minimum absolute atomic E-state index is 0.0998. The van der Waals surface area contributed by atoms with Crippen LogP contribution in [0.25, 0.3) is 11.0 Å². The number of nitrogens with one attached hydrogen (secondary N) is 1. The molecule has 1 fully saturated rings. The highest BCUT2D eigenvalue weighted by Gasteiger charge is 2.23. The van der Waals surface area contributed by atoms with Gasteiger partial charge in [-0.3, -0.25) is 9.59 Å². The van der Waals surface area contributed by atoms with E-state index in [4.69, 9.17) is 9.15 Å². The Labute approximate surface area is 154 Å². The van der Waals surface area contributed by atoms with Gasteiger partial charge in [0.2, 0.25) is 0 Å². The maximum absolute atomic E-state index is 12.1. The Morgan fingerprint density at radius 1 is 1.19 bits per heavy atom. The first kappa shape index (κ1) is 18.5. The Kier molecular flexibility index (Phi) is 5.64. The van der Waals surface area contributed by atoms with Crippen LogP contribution >= 0.6 is 0 Å². The van der Waals surface area contributed by atoms with Gasteiger partial charge in [0.25, 0.3) is 5.91 Å². The molecule has 0 radical (unpaired) electrons. The lowest BCUT2D eigenvalue weighted by atomic mass is 9.86. The fraction of sp³-hybridized carbons (Fsp3) is 0.524. The van der Waals surface area contributed by atoms with Crippen LogP contribution in [0.2, 0.25) is 0 Å². The minimum Gasteiger partial charge on any atom is -0.464 e. The zero-order chi connectivity index (χ0) is 18.7. The number of aryl methyl sites for hydroxylation is 2. The summed E-state index contributed by atoms with van der Waals surface area (Å²) >= 11 is 0. The van der Waals surface area contributed by atoms with E-state index in [1.54, 1.807) is 6.26 Å². The van der Waals surface area contributed by atoms with Crippen LogP contribution < -0.4 is 5.32 Å². The maximum atomic E-state index is 12.1. The summed E-state index contributed by atoms with van der Waals surface area (Å²) in [4.78, 5) is 24.2. The normalized spacial score (nSPS) is 20.1. The number of carbonyl (C=O) groups excluding carboxylic acids is 2. The summed E-state index contributed by atoms with van der Waals surface area (Å²) in [6.45, 7) is 5.98. The van der Waals surface area contributed by atoms with Gasteiger partial charge in [0.1, 0.15) is 5.58 Å². The molecule has 1 saturated carbocycles. The van der Waals surface area contributed by atoms with Crippen molar-refractivity contribution in [3.05, 3.63) is 35.1 Å². The van der Waals surface area contributed by atoms with Gasteiger partial charge in [-0.25, -0.2) is 0 Å². The summed E-state index contributed by atoms with van der Waals surface area (Å²) in [5, 5.41) is 3.91. The number of rotatable bonds is 5. The third-order valence-corrected chi connectivity index (χ3v) is 5.43. The van der Waals surface area contributed by atoms with E-state index in [0.29, 0.717) is 5.92 Å². The standard InChI is InChI=1S/C21H27NO4/c1-13-6-4-5-7-18(13)22-20(23)12-26-21(24)10-16-11-25-19-9-15(3)14(2)8-17(16)19/h8-9,11,13,18H,4-7,10,12H2,1-3H3,(H,22,23)/t13-,18-/m1/s1. The molecule has 1 aliphatic carbocycles. The number of amides is 1. The fourth-order valence-electron chi connectivity index (χ4n) is 3.60. The highest BCUT2D eigenvalue weighted by molar-refractivity contribution is 5.87. The summed E-state index contributed by atoms with van der Waals surface area (Å²) in [6, 6.07) is 4.19. The summed E-state index contributed by atoms with van der Waals surface area (Å²) in [6.07, 6.45) is 6.19. The zero-order valence-corrected chi connectivity index (χ0v) is 15.8. The van der Waals surface area contributed by atoms with Crippen LogP contribution in [-0.4, -0.2) is 24.5 Å². The average molecular weight is 357 g/mol. The molecule has 5 heteroatoms. The Balaban J connectivity index is 1.53. The van der Waals surface area contributed by atoms with Crippen molar-refractivity contribution in [2.45, 2.75) is 58.9 Å². The molecule has 1 aromatic carbocycles. The molecule has 26 heavy (non-hydrogen) atoms. The second kappa shape index (κ2) is 7.94. The molecular weight excluding hydrogens is 330 g/mol. The smallest absolute Gasteiger partial charge is 0.310 e. The van der Waals surface area contributed by atoms with Crippen LogP contribution in [-0.2, 0) is 20.7 Å². The molecule has 5 nitrogen and oxygen atoms in total. The Morgan fingerprint density at radius 3 is 2.69 bits per heavy atom. The third kappa shape index (κ3) is 4.26. The molecule has 0 saturated heterocycles. The lowest BCUT2D eigenvalue weighted by Gasteiger charge is -2.29. The summed E-state index contributed by atoms with van der Waals surface area (Å²) in [5.41, 5.74) is 3.85. The number of benzene rings is 1. The van der Waals surface area contributed by atoms with Crippen LogP contribution in [0, 0.1) is 19.8 Å². The van der Waals surface area contributed by atoms with Gasteiger partial charge in [0, 0.05) is 17.0 Å². The molecule has 0 bridgehead atoms. The number of carbonyl (C=O) groups is 2. The monoisotopic (exact) mass is 357 g/mol. The summed E-state index contributed by atoms with van der Waals surface area (Å²) in [7, 11) is 0. The van der Waals surface area contributed by atoms with E-state index in [0.717, 1.165) is 46.9 Å². The molecule has 1 amide bonds. The number of furan rings is 1. The largest absolute Gasteiger partial charge is 0.464 e. The van der Waals surface area contributed by atoms with Crippen molar-refractivity contribution in [1.29, 1.82) is 0 Å². The van der Waals surface area contributed by atoms with Crippen molar-refractivity contribution in [3.63, 3.8) is 0 Å². The Bertz CT molecular complexity index is 808. The van der Waals surface area contributed by atoms with E-state index >= 15 is 0 Å². The van der Waals surface area contributed by atoms with Crippen LogP contribution in [0.15, 0.2) is 22.8 Å². The van der Waals surface area contributed by atoms with Crippen molar-refractivity contribution >= 4 is 22.8 Å². The van der Waals surface area contributed by atoms with Crippen molar-refractivity contribution in [2.75, 3.05) is 6.61 Å². The van der Waals surface area contributed by atoms with Crippen LogP contribution in [0.4, 0.5) is 0 Å². The van der Waals surface area contributed by atoms with Gasteiger partial charge in [0.05, 0.1) is 12.7 Å². The van der Waals surface area contributed by atoms with Gasteiger partial charge >= 0.3 is 5.97 Å². The molecule has 2 atom stereocenters. The molecule has 3 rings (SSSR count). The van der Waals surface area contributed by atoms with E-state index in [2.05, 4.69) is 12.2 Å². The summed E-state index contributed by atoms with van der Waals surface area (Å²) in [5.74, 6) is -0.161. The van der Waals surface area contributed by atoms with Gasteiger partial charge in [-0.15, -0.1) is 0 Å². The maximum Gasteiger partial charge on any atom is 0.310 e. The lowest BCUT2D eigenvalue weighted by molar-refractivity contribution is -0.148. The first-order valence-corrected chi connectivity index (χ1v) is 9.36. The first-order valence-electron chi connectivity index (χ1n) is 9.36. The number of hydrogen-bond acceptors (Lipinski definition) is 4. The molecule has 140 valence electrons. The topological polar surface area (TPSA) is 68.5 Å². The SMILES string of the molecule is Cc1cc2occ(CC(=O)OCC(=O)N[C@@H]3CCCC[C@H]3C)c2cc1C. The Hall–Kier alpha value is -2.30. The molecule has 0 spiro atoms. The average Bonchev–Trinajstić information content (AvgIpc) is 2.97. The van der Waals surface area contributed by atoms with Crippen LogP contribution in [0.1, 0.15) is 49.3 Å². The van der Waals surface area contributed by atoms with Gasteiger partial charge in [-0.1, -0.05) is 19.8 Å². The second-order valence-corrected chi connectivity index (χ2v) is 7.47. The van der Waals surface area contributed by atoms with E-state index < -0.39 is 5.97 Å². The van der Waals surface area contributed by atoms with E-state index in [9.17, 15) is 9.59 Å². The minimum atomic E-state index is -0.419. The molecule has 1 aromatic heterocycles. The highest BCUT2D eigenvalue weighted by atomic mass is 16.5. The molecule has 2 aromatic rings. The molecule has 0 unspecified atom stereocenters. The quantitative estimate of drug-likeness (QED) is 0.826. The predicted octanol–water partition coefficient (Wildman–Crippen LogP) is 3.83. The van der Waals surface area contributed by atoms with Crippen LogP contribution in [0.3, 0.4) is 0 Å². The van der Waals surface area contributed by atoms with E-state index in [1.807, 2.05) is 26.0 Å².